The van der Waals surface area contributed by atoms with E-state index < -0.39 is 0 Å². The maximum atomic E-state index is 6.81. The summed E-state index contributed by atoms with van der Waals surface area (Å²) >= 11 is 13.6. The van der Waals surface area contributed by atoms with Gasteiger partial charge in [0.2, 0.25) is 0 Å². The van der Waals surface area contributed by atoms with Crippen LogP contribution in [0.2, 0.25) is 0 Å². The van der Waals surface area contributed by atoms with Crippen LogP contribution in [0.15, 0.2) is 61.2 Å². The molecule has 0 saturated carbocycles. The molecule has 4 aromatic rings. The Balaban J connectivity index is 1.32. The summed E-state index contributed by atoms with van der Waals surface area (Å²) in [6.45, 7) is 1.51. The van der Waals surface area contributed by atoms with Gasteiger partial charge in [-0.15, -0.1) is 23.2 Å². The Hall–Kier alpha value is -3.36. The lowest BCUT2D eigenvalue weighted by molar-refractivity contribution is -0.703. The van der Waals surface area contributed by atoms with Crippen LogP contribution in [-0.2, 0) is 25.9 Å². The first-order valence-corrected chi connectivity index (χ1v) is 12.9. The Bertz CT molecular complexity index is 1200. The summed E-state index contributed by atoms with van der Waals surface area (Å²) in [6.07, 6.45) is 10.8. The second-order valence-electron chi connectivity index (χ2n) is 9.01. The Kier molecular flexibility index (Phi) is 8.28. The number of nitrogens with zero attached hydrogens (tertiary/aromatic N) is 2. The number of halogens is 2. The molecule has 2 aromatic heterocycles. The maximum Gasteiger partial charge on any atom is 0.272 e. The van der Waals surface area contributed by atoms with E-state index in [-0.39, 0.29) is 10.8 Å². The first kappa shape index (κ1) is 25.7. The zero-order valence-electron chi connectivity index (χ0n) is 20.1. The molecule has 2 unspecified atom stereocenters. The average molecular weight is 530 g/mol. The molecular formula is C26H34Cl2N8+2. The van der Waals surface area contributed by atoms with Gasteiger partial charge in [-0.25, -0.2) is 19.1 Å². The summed E-state index contributed by atoms with van der Waals surface area (Å²) < 4.78 is 4.26. The van der Waals surface area contributed by atoms with Gasteiger partial charge in [0.25, 0.3) is 11.6 Å². The van der Waals surface area contributed by atoms with Gasteiger partial charge in [0.15, 0.2) is 0 Å². The number of H-pyrrole nitrogens is 2. The van der Waals surface area contributed by atoms with Gasteiger partial charge in [-0.3, -0.25) is 0 Å². The number of benzene rings is 2. The number of nitrogens with two attached hydrogens (primary N) is 4. The van der Waals surface area contributed by atoms with Gasteiger partial charge in [-0.2, -0.15) is 0 Å². The predicted molar refractivity (Wildman–Crippen MR) is 146 cm³/mol. The second kappa shape index (κ2) is 11.6. The minimum Gasteiger partial charge on any atom is -0.399 e. The topological polar surface area (TPSA) is 143 Å². The van der Waals surface area contributed by atoms with Gasteiger partial charge in [0, 0.05) is 35.6 Å². The molecule has 0 fully saturated rings. The van der Waals surface area contributed by atoms with Crippen molar-refractivity contribution in [3.05, 3.63) is 84.0 Å². The quantitative estimate of drug-likeness (QED) is 0.0999. The highest BCUT2D eigenvalue weighted by Gasteiger charge is 2.26. The van der Waals surface area contributed by atoms with Crippen molar-refractivity contribution in [1.29, 1.82) is 0 Å². The van der Waals surface area contributed by atoms with Crippen LogP contribution in [-0.4, -0.2) is 9.97 Å². The molecule has 8 nitrogen and oxygen atoms in total. The second-order valence-corrected chi connectivity index (χ2v) is 10.1. The summed E-state index contributed by atoms with van der Waals surface area (Å²) in [6, 6.07) is 11.3. The first-order chi connectivity index (χ1) is 17.3. The lowest BCUT2D eigenvalue weighted by atomic mass is 10.1. The van der Waals surface area contributed by atoms with Crippen molar-refractivity contribution in [2.75, 3.05) is 22.9 Å². The van der Waals surface area contributed by atoms with Crippen LogP contribution >= 0.6 is 23.2 Å². The van der Waals surface area contributed by atoms with E-state index in [4.69, 9.17) is 46.1 Å². The molecule has 4 rings (SSSR count). The highest BCUT2D eigenvalue weighted by atomic mass is 35.5. The third kappa shape index (κ3) is 6.25. The Labute approximate surface area is 221 Å². The molecule has 0 aliphatic carbocycles. The fourth-order valence-electron chi connectivity index (χ4n) is 4.41. The van der Waals surface area contributed by atoms with Crippen LogP contribution in [0.25, 0.3) is 0 Å². The monoisotopic (exact) mass is 528 g/mol. The molecule has 0 amide bonds. The number of imidazole rings is 2. The summed E-state index contributed by atoms with van der Waals surface area (Å²) in [5, 5.41) is -0.411. The Morgan fingerprint density at radius 2 is 1.08 bits per heavy atom. The van der Waals surface area contributed by atoms with Crippen molar-refractivity contribution < 1.29 is 9.13 Å². The standard InChI is InChI=1S/C26H32Cl2N8/c27-21(25-33-9-13-35(25)11-7-17-1-3-19(29)15-23(17)31)5-6-22(28)26-34-10-14-36(26)12-8-18-2-4-20(30)16-24(18)32/h1-4,9-10,13-16,21-22H,5-8,11-12,29-32H2/p+2. The molecule has 2 heterocycles. The third-order valence-corrected chi connectivity index (χ3v) is 7.29. The van der Waals surface area contributed by atoms with Gasteiger partial charge in [0.05, 0.1) is 13.1 Å². The molecule has 10 heteroatoms. The molecule has 190 valence electrons. The molecule has 0 radical (unpaired) electrons. The summed E-state index contributed by atoms with van der Waals surface area (Å²) in [5.74, 6) is 1.90. The minimum atomic E-state index is -0.206. The van der Waals surface area contributed by atoms with Crippen LogP contribution in [0.1, 0.15) is 46.4 Å². The molecule has 2 atom stereocenters. The highest BCUT2D eigenvalue weighted by molar-refractivity contribution is 6.21. The predicted octanol–water partition coefficient (Wildman–Crippen LogP) is 3.77. The largest absolute Gasteiger partial charge is 0.399 e. The number of hydrogen-bond donors (Lipinski definition) is 6. The zero-order valence-corrected chi connectivity index (χ0v) is 21.6. The molecule has 0 bridgehead atoms. The zero-order chi connectivity index (χ0) is 25.7. The van der Waals surface area contributed by atoms with Crippen molar-refractivity contribution in [3.63, 3.8) is 0 Å². The van der Waals surface area contributed by atoms with Gasteiger partial charge >= 0.3 is 0 Å². The smallest absolute Gasteiger partial charge is 0.272 e. The molecule has 36 heavy (non-hydrogen) atoms. The third-order valence-electron chi connectivity index (χ3n) is 6.44. The average Bonchev–Trinajstić information content (AvgIpc) is 3.51. The fourth-order valence-corrected chi connectivity index (χ4v) is 5.04. The van der Waals surface area contributed by atoms with Crippen molar-refractivity contribution >= 4 is 46.0 Å². The summed E-state index contributed by atoms with van der Waals surface area (Å²) in [5.41, 5.74) is 28.7. The van der Waals surface area contributed by atoms with Crippen molar-refractivity contribution in [3.8, 4) is 0 Å². The van der Waals surface area contributed by atoms with E-state index in [2.05, 4.69) is 19.1 Å². The molecular weight excluding hydrogens is 495 g/mol. The van der Waals surface area contributed by atoms with Crippen molar-refractivity contribution in [1.82, 2.24) is 9.97 Å². The number of hydrogen-bond acceptors (Lipinski definition) is 4. The molecule has 10 N–H and O–H groups in total. The summed E-state index contributed by atoms with van der Waals surface area (Å²) in [7, 11) is 0. The number of nitrogen functional groups attached to an aromatic ring is 4. The Morgan fingerprint density at radius 3 is 1.47 bits per heavy atom. The molecule has 0 aliphatic rings. The van der Waals surface area contributed by atoms with Crippen LogP contribution < -0.4 is 32.1 Å². The number of alkyl halides is 2. The molecule has 0 spiro atoms. The maximum absolute atomic E-state index is 6.81. The van der Waals surface area contributed by atoms with Crippen molar-refractivity contribution in [2.24, 2.45) is 0 Å². The number of aromatic amines is 2. The number of aromatic nitrogens is 4. The van der Waals surface area contributed by atoms with E-state index >= 15 is 0 Å². The molecule has 0 saturated heterocycles. The lowest BCUT2D eigenvalue weighted by Crippen LogP contribution is -2.38. The minimum absolute atomic E-state index is 0.206. The van der Waals surface area contributed by atoms with E-state index in [1.807, 2.05) is 49.1 Å². The van der Waals surface area contributed by atoms with E-state index in [1.165, 1.54) is 0 Å². The number of aryl methyl sites for hydroxylation is 4. The fraction of sp³-hybridized carbons (Fsp3) is 0.308. The first-order valence-electron chi connectivity index (χ1n) is 12.0. The van der Waals surface area contributed by atoms with E-state index in [1.54, 1.807) is 12.1 Å². The normalized spacial score (nSPS) is 13.1. The van der Waals surface area contributed by atoms with Gasteiger partial charge in [-0.1, -0.05) is 12.1 Å². The summed E-state index contributed by atoms with van der Waals surface area (Å²) in [4.78, 5) is 6.57. The van der Waals surface area contributed by atoms with Crippen LogP contribution in [0.4, 0.5) is 22.7 Å². The number of anilines is 4. The molecule has 0 aliphatic heterocycles. The van der Waals surface area contributed by atoms with Crippen LogP contribution in [0.5, 0.6) is 0 Å². The van der Waals surface area contributed by atoms with E-state index in [0.717, 1.165) is 48.7 Å². The van der Waals surface area contributed by atoms with Gasteiger partial charge in [-0.05, 0) is 48.2 Å². The Morgan fingerprint density at radius 1 is 0.667 bits per heavy atom. The van der Waals surface area contributed by atoms with Gasteiger partial charge < -0.3 is 22.9 Å². The van der Waals surface area contributed by atoms with Crippen molar-refractivity contribution in [2.45, 2.75) is 49.5 Å². The van der Waals surface area contributed by atoms with Crippen LogP contribution in [0.3, 0.4) is 0 Å². The molecule has 2 aromatic carbocycles. The number of rotatable bonds is 11. The SMILES string of the molecule is Nc1ccc(CC[n+]2cc[nH]c2C(Cl)CCC(Cl)c2[nH]cc[n+]2CCc2ccc(N)cc2N)c(N)c1. The van der Waals surface area contributed by atoms with Gasteiger partial charge in [0.1, 0.15) is 35.5 Å². The van der Waals surface area contributed by atoms with E-state index in [0.29, 0.717) is 35.6 Å². The lowest BCUT2D eigenvalue weighted by Gasteiger charge is -2.11. The highest BCUT2D eigenvalue weighted by Crippen LogP contribution is 2.29. The van der Waals surface area contributed by atoms with Crippen LogP contribution in [0, 0.1) is 0 Å². The van der Waals surface area contributed by atoms with E-state index in [9.17, 15) is 0 Å². The number of nitrogens with one attached hydrogen (secondary N) is 2.